The number of nitrogens with zero attached hydrogens (tertiary/aromatic N) is 2. The van der Waals surface area contributed by atoms with Gasteiger partial charge in [-0.15, -0.1) is 0 Å². The Balaban J connectivity index is 2.07. The molecule has 1 aromatic rings. The maximum atomic E-state index is 5.20. The van der Waals surface area contributed by atoms with Gasteiger partial charge in [0.2, 0.25) is 5.88 Å². The molecule has 0 radical (unpaired) electrons. The maximum absolute atomic E-state index is 5.20. The van der Waals surface area contributed by atoms with Crippen LogP contribution in [-0.2, 0) is 0 Å². The van der Waals surface area contributed by atoms with Gasteiger partial charge < -0.3 is 10.1 Å². The van der Waals surface area contributed by atoms with Crippen LogP contribution in [0.25, 0.3) is 0 Å². The number of methoxy groups -OCH3 is 1. The number of hydrogen-bond acceptors (Lipinski definition) is 4. The fourth-order valence-corrected chi connectivity index (χ4v) is 2.58. The van der Waals surface area contributed by atoms with E-state index in [0.717, 1.165) is 17.3 Å². The van der Waals surface area contributed by atoms with E-state index in [0.29, 0.717) is 11.9 Å². The summed E-state index contributed by atoms with van der Waals surface area (Å²) in [6.45, 7) is 4.23. The van der Waals surface area contributed by atoms with Gasteiger partial charge in [0, 0.05) is 6.04 Å². The first-order chi connectivity index (χ1) is 8.22. The zero-order valence-electron chi connectivity index (χ0n) is 10.9. The standard InChI is InChI=1S/C13H21N3O/c1-9-12(14-8-15-13(9)17-3)16-10(2)11-6-4-5-7-11/h8,10-11H,4-7H2,1-3H3,(H,14,15,16). The highest BCUT2D eigenvalue weighted by Crippen LogP contribution is 2.30. The average Bonchev–Trinajstić information content (AvgIpc) is 2.85. The van der Waals surface area contributed by atoms with Gasteiger partial charge in [-0.05, 0) is 32.6 Å². The van der Waals surface area contributed by atoms with Crippen LogP contribution in [0.15, 0.2) is 6.33 Å². The quantitative estimate of drug-likeness (QED) is 0.871. The van der Waals surface area contributed by atoms with E-state index >= 15 is 0 Å². The lowest BCUT2D eigenvalue weighted by Gasteiger charge is -2.22. The van der Waals surface area contributed by atoms with E-state index in [-0.39, 0.29) is 0 Å². The summed E-state index contributed by atoms with van der Waals surface area (Å²) in [5.41, 5.74) is 0.986. The zero-order chi connectivity index (χ0) is 12.3. The minimum absolute atomic E-state index is 0.468. The normalized spacial score (nSPS) is 18.1. The van der Waals surface area contributed by atoms with Crippen molar-refractivity contribution in [1.29, 1.82) is 0 Å². The van der Waals surface area contributed by atoms with E-state index < -0.39 is 0 Å². The third-order valence-corrected chi connectivity index (χ3v) is 3.70. The summed E-state index contributed by atoms with van der Waals surface area (Å²) in [5, 5.41) is 3.50. The second kappa shape index (κ2) is 5.34. The van der Waals surface area contributed by atoms with Crippen LogP contribution in [0.5, 0.6) is 5.88 Å². The van der Waals surface area contributed by atoms with Gasteiger partial charge >= 0.3 is 0 Å². The van der Waals surface area contributed by atoms with Crippen LogP contribution < -0.4 is 10.1 Å². The minimum Gasteiger partial charge on any atom is -0.481 e. The second-order valence-electron chi connectivity index (χ2n) is 4.83. The largest absolute Gasteiger partial charge is 0.481 e. The molecule has 1 aromatic heterocycles. The van der Waals surface area contributed by atoms with E-state index in [1.165, 1.54) is 25.7 Å². The summed E-state index contributed by atoms with van der Waals surface area (Å²) >= 11 is 0. The van der Waals surface area contributed by atoms with Gasteiger partial charge in [-0.3, -0.25) is 0 Å². The van der Waals surface area contributed by atoms with E-state index in [1.54, 1.807) is 13.4 Å². The molecule has 1 saturated carbocycles. The molecule has 1 unspecified atom stereocenters. The molecule has 4 heteroatoms. The van der Waals surface area contributed by atoms with Crippen molar-refractivity contribution < 1.29 is 4.74 Å². The number of rotatable bonds is 4. The summed E-state index contributed by atoms with van der Waals surface area (Å²) < 4.78 is 5.20. The van der Waals surface area contributed by atoms with Crippen LogP contribution in [0.3, 0.4) is 0 Å². The highest BCUT2D eigenvalue weighted by Gasteiger charge is 2.22. The molecule has 0 aliphatic heterocycles. The number of nitrogens with one attached hydrogen (secondary N) is 1. The van der Waals surface area contributed by atoms with Crippen molar-refractivity contribution in [2.75, 3.05) is 12.4 Å². The maximum Gasteiger partial charge on any atom is 0.221 e. The van der Waals surface area contributed by atoms with Crippen molar-refractivity contribution in [1.82, 2.24) is 9.97 Å². The number of ether oxygens (including phenoxy) is 1. The molecular weight excluding hydrogens is 214 g/mol. The third kappa shape index (κ3) is 2.68. The first kappa shape index (κ1) is 12.1. The molecule has 0 bridgehead atoms. The Morgan fingerprint density at radius 3 is 2.71 bits per heavy atom. The molecule has 17 heavy (non-hydrogen) atoms. The molecule has 1 aliphatic carbocycles. The van der Waals surface area contributed by atoms with E-state index in [2.05, 4.69) is 22.2 Å². The van der Waals surface area contributed by atoms with Crippen LogP contribution in [0, 0.1) is 12.8 Å². The molecule has 0 spiro atoms. The number of hydrogen-bond donors (Lipinski definition) is 1. The van der Waals surface area contributed by atoms with Crippen LogP contribution in [0.4, 0.5) is 5.82 Å². The SMILES string of the molecule is COc1ncnc(NC(C)C2CCCC2)c1C. The predicted molar refractivity (Wildman–Crippen MR) is 68.4 cm³/mol. The average molecular weight is 235 g/mol. The fraction of sp³-hybridized carbons (Fsp3) is 0.692. The molecule has 94 valence electrons. The topological polar surface area (TPSA) is 47.0 Å². The summed E-state index contributed by atoms with van der Waals surface area (Å²) in [4.78, 5) is 8.38. The molecule has 1 heterocycles. The molecule has 1 N–H and O–H groups in total. The lowest BCUT2D eigenvalue weighted by Crippen LogP contribution is -2.25. The van der Waals surface area contributed by atoms with Crippen molar-refractivity contribution in [3.05, 3.63) is 11.9 Å². The molecular formula is C13H21N3O. The Hall–Kier alpha value is -1.32. The first-order valence-corrected chi connectivity index (χ1v) is 6.34. The summed E-state index contributed by atoms with van der Waals surface area (Å²) in [5.74, 6) is 2.33. The predicted octanol–water partition coefficient (Wildman–Crippen LogP) is 2.78. The lowest BCUT2D eigenvalue weighted by atomic mass is 10.00. The van der Waals surface area contributed by atoms with Crippen molar-refractivity contribution in [2.45, 2.75) is 45.6 Å². The molecule has 0 saturated heterocycles. The lowest BCUT2D eigenvalue weighted by molar-refractivity contribution is 0.393. The molecule has 0 aromatic carbocycles. The van der Waals surface area contributed by atoms with E-state index in [4.69, 9.17) is 4.74 Å². The highest BCUT2D eigenvalue weighted by molar-refractivity contribution is 5.48. The molecule has 1 aliphatic rings. The van der Waals surface area contributed by atoms with Crippen LogP contribution in [-0.4, -0.2) is 23.1 Å². The molecule has 1 fully saturated rings. The van der Waals surface area contributed by atoms with Crippen molar-refractivity contribution in [3.63, 3.8) is 0 Å². The molecule has 0 amide bonds. The Morgan fingerprint density at radius 2 is 2.06 bits per heavy atom. The van der Waals surface area contributed by atoms with E-state index in [9.17, 15) is 0 Å². The smallest absolute Gasteiger partial charge is 0.221 e. The highest BCUT2D eigenvalue weighted by atomic mass is 16.5. The van der Waals surface area contributed by atoms with Gasteiger partial charge in [0.15, 0.2) is 0 Å². The number of aromatic nitrogens is 2. The zero-order valence-corrected chi connectivity index (χ0v) is 10.9. The summed E-state index contributed by atoms with van der Waals surface area (Å²) in [7, 11) is 1.64. The second-order valence-corrected chi connectivity index (χ2v) is 4.83. The number of anilines is 1. The minimum atomic E-state index is 0.468. The van der Waals surface area contributed by atoms with Crippen LogP contribution in [0.2, 0.25) is 0 Å². The van der Waals surface area contributed by atoms with Gasteiger partial charge in [-0.25, -0.2) is 9.97 Å². The van der Waals surface area contributed by atoms with E-state index in [1.807, 2.05) is 6.92 Å². The Morgan fingerprint density at radius 1 is 1.35 bits per heavy atom. The van der Waals surface area contributed by atoms with Gasteiger partial charge in [0.25, 0.3) is 0 Å². The van der Waals surface area contributed by atoms with Crippen molar-refractivity contribution >= 4 is 5.82 Å². The van der Waals surface area contributed by atoms with Gasteiger partial charge in [-0.1, -0.05) is 12.8 Å². The Labute approximate surface area is 103 Å². The first-order valence-electron chi connectivity index (χ1n) is 6.34. The molecule has 1 atom stereocenters. The van der Waals surface area contributed by atoms with Crippen molar-refractivity contribution in [3.8, 4) is 5.88 Å². The van der Waals surface area contributed by atoms with Gasteiger partial charge in [0.05, 0.1) is 12.7 Å². The summed E-state index contributed by atoms with van der Waals surface area (Å²) in [6, 6.07) is 0.468. The molecule has 2 rings (SSSR count). The van der Waals surface area contributed by atoms with Crippen LogP contribution >= 0.6 is 0 Å². The Bertz CT molecular complexity index is 375. The van der Waals surface area contributed by atoms with Crippen molar-refractivity contribution in [2.24, 2.45) is 5.92 Å². The Kier molecular flexibility index (Phi) is 3.82. The monoisotopic (exact) mass is 235 g/mol. The van der Waals surface area contributed by atoms with Gasteiger partial charge in [-0.2, -0.15) is 0 Å². The fourth-order valence-electron chi connectivity index (χ4n) is 2.58. The van der Waals surface area contributed by atoms with Crippen LogP contribution in [0.1, 0.15) is 38.2 Å². The summed E-state index contributed by atoms with van der Waals surface area (Å²) in [6.07, 6.45) is 6.94. The van der Waals surface area contributed by atoms with Gasteiger partial charge in [0.1, 0.15) is 12.1 Å². The molecule has 4 nitrogen and oxygen atoms in total. The third-order valence-electron chi connectivity index (χ3n) is 3.70.